The van der Waals surface area contributed by atoms with Crippen molar-refractivity contribution in [1.82, 2.24) is 4.90 Å². The topological polar surface area (TPSA) is 86.8 Å². The van der Waals surface area contributed by atoms with Crippen molar-refractivity contribution in [2.45, 2.75) is 45.2 Å². The zero-order valence-corrected chi connectivity index (χ0v) is 14.8. The Bertz CT molecular complexity index is 526. The second kappa shape index (κ2) is 9.98. The molecule has 5 nitrogen and oxygen atoms in total. The number of carbonyl (C=O) groups excluding carboxylic acids is 1. The van der Waals surface area contributed by atoms with Gasteiger partial charge in [-0.05, 0) is 32.3 Å². The molecule has 0 aromatic heterocycles. The molecule has 4 N–H and O–H groups in total. The summed E-state index contributed by atoms with van der Waals surface area (Å²) in [5, 5.41) is 18.5. The van der Waals surface area contributed by atoms with Gasteiger partial charge in [0.25, 0.3) is 0 Å². The number of benzene rings is 1. The molecule has 2 rings (SSSR count). The summed E-state index contributed by atoms with van der Waals surface area (Å²) in [6.07, 6.45) is 3.73. The second-order valence-electron chi connectivity index (χ2n) is 5.50. The lowest BCUT2D eigenvalue weighted by Crippen LogP contribution is -2.42. The Labute approximate surface area is 147 Å². The van der Waals surface area contributed by atoms with Crippen LogP contribution < -0.4 is 5.73 Å². The van der Waals surface area contributed by atoms with Gasteiger partial charge in [-0.1, -0.05) is 23.2 Å². The van der Waals surface area contributed by atoms with Gasteiger partial charge < -0.3 is 20.8 Å². The number of phenols is 1. The van der Waals surface area contributed by atoms with Crippen LogP contribution in [0.5, 0.6) is 5.75 Å². The first-order valence-corrected chi connectivity index (χ1v) is 8.43. The van der Waals surface area contributed by atoms with Gasteiger partial charge in [0.2, 0.25) is 5.91 Å². The summed E-state index contributed by atoms with van der Waals surface area (Å²) in [5.74, 6) is 0.187. The third-order valence-electron chi connectivity index (χ3n) is 3.79. The molecule has 0 spiro atoms. The number of aliphatic hydroxyl groups is 1. The monoisotopic (exact) mass is 362 g/mol. The number of aliphatic hydroxyl groups excluding tert-OH is 1. The lowest BCUT2D eigenvalue weighted by atomic mass is 10.0. The molecular formula is C16H24Cl2N2O3. The standard InChI is InChI=1S/C9H17NO2.C7H7Cl2NO/c1-8-4-2-3-6-10(8)9(12)5-7-11;8-5-1-4(3-10)7(11)2-6(5)9/h8,11H,2-7H2,1H3;1-2,11H,3,10H2. The van der Waals surface area contributed by atoms with Crippen LogP contribution in [0.4, 0.5) is 0 Å². The second-order valence-corrected chi connectivity index (χ2v) is 6.32. The number of likely N-dealkylation sites (tertiary alicyclic amines) is 1. The SMILES string of the molecule is CC1CCCCN1C(=O)CCO.NCc1cc(Cl)c(Cl)cc1O. The molecule has 23 heavy (non-hydrogen) atoms. The summed E-state index contributed by atoms with van der Waals surface area (Å²) in [7, 11) is 0. The zero-order valence-electron chi connectivity index (χ0n) is 13.3. The van der Waals surface area contributed by atoms with Gasteiger partial charge in [0.1, 0.15) is 5.75 Å². The van der Waals surface area contributed by atoms with Gasteiger partial charge in [-0.25, -0.2) is 0 Å². The summed E-state index contributed by atoms with van der Waals surface area (Å²) in [6, 6.07) is 3.31. The fraction of sp³-hybridized carbons (Fsp3) is 0.562. The number of phenolic OH excluding ortho intramolecular Hbond substituents is 1. The van der Waals surface area contributed by atoms with Crippen molar-refractivity contribution in [2.75, 3.05) is 13.2 Å². The van der Waals surface area contributed by atoms with E-state index in [1.165, 1.54) is 12.5 Å². The maximum Gasteiger partial charge on any atom is 0.225 e. The summed E-state index contributed by atoms with van der Waals surface area (Å²) in [6.45, 7) is 3.18. The number of nitrogens with zero attached hydrogens (tertiary/aromatic N) is 1. The molecule has 0 saturated carbocycles. The van der Waals surface area contributed by atoms with Gasteiger partial charge >= 0.3 is 0 Å². The molecule has 1 saturated heterocycles. The molecule has 1 fully saturated rings. The highest BCUT2D eigenvalue weighted by atomic mass is 35.5. The highest BCUT2D eigenvalue weighted by molar-refractivity contribution is 6.42. The van der Waals surface area contributed by atoms with E-state index in [-0.39, 0.29) is 31.2 Å². The van der Waals surface area contributed by atoms with E-state index < -0.39 is 0 Å². The minimum absolute atomic E-state index is 0.0257. The minimum atomic E-state index is -0.0257. The number of nitrogens with two attached hydrogens (primary N) is 1. The molecule has 1 aromatic carbocycles. The van der Waals surface area contributed by atoms with E-state index in [9.17, 15) is 9.90 Å². The summed E-state index contributed by atoms with van der Waals surface area (Å²) < 4.78 is 0. The van der Waals surface area contributed by atoms with Crippen LogP contribution in [-0.2, 0) is 11.3 Å². The first-order chi connectivity index (χ1) is 10.9. The smallest absolute Gasteiger partial charge is 0.225 e. The molecule has 130 valence electrons. The number of piperidine rings is 1. The predicted octanol–water partition coefficient (Wildman–Crippen LogP) is 2.93. The number of hydrogen-bond donors (Lipinski definition) is 3. The summed E-state index contributed by atoms with van der Waals surface area (Å²) in [4.78, 5) is 13.3. The number of hydrogen-bond acceptors (Lipinski definition) is 4. The minimum Gasteiger partial charge on any atom is -0.508 e. The fourth-order valence-corrected chi connectivity index (χ4v) is 2.79. The lowest BCUT2D eigenvalue weighted by molar-refractivity contribution is -0.135. The highest BCUT2D eigenvalue weighted by Gasteiger charge is 2.21. The summed E-state index contributed by atoms with van der Waals surface area (Å²) in [5.41, 5.74) is 5.90. The predicted molar refractivity (Wildman–Crippen MR) is 92.7 cm³/mol. The molecule has 1 atom stereocenters. The lowest BCUT2D eigenvalue weighted by Gasteiger charge is -2.33. The van der Waals surface area contributed by atoms with Gasteiger partial charge in [-0.2, -0.15) is 0 Å². The van der Waals surface area contributed by atoms with Crippen molar-refractivity contribution in [3.05, 3.63) is 27.7 Å². The van der Waals surface area contributed by atoms with Gasteiger partial charge in [-0.15, -0.1) is 0 Å². The van der Waals surface area contributed by atoms with Crippen molar-refractivity contribution < 1.29 is 15.0 Å². The quantitative estimate of drug-likeness (QED) is 0.771. The van der Waals surface area contributed by atoms with Crippen LogP contribution in [0, 0.1) is 0 Å². The van der Waals surface area contributed by atoms with Gasteiger partial charge in [0.05, 0.1) is 16.7 Å². The first kappa shape index (κ1) is 20.0. The van der Waals surface area contributed by atoms with E-state index in [1.807, 2.05) is 4.90 Å². The Balaban J connectivity index is 0.000000231. The Hall–Kier alpha value is -1.01. The summed E-state index contributed by atoms with van der Waals surface area (Å²) >= 11 is 11.3. The van der Waals surface area contributed by atoms with Gasteiger partial charge in [0.15, 0.2) is 0 Å². The molecule has 1 heterocycles. The molecule has 1 aliphatic rings. The van der Waals surface area contributed by atoms with Crippen LogP contribution in [0.15, 0.2) is 12.1 Å². The van der Waals surface area contributed by atoms with E-state index in [4.69, 9.17) is 34.0 Å². The van der Waals surface area contributed by atoms with Crippen LogP contribution in [0.25, 0.3) is 0 Å². The largest absolute Gasteiger partial charge is 0.508 e. The van der Waals surface area contributed by atoms with Crippen LogP contribution in [0.3, 0.4) is 0 Å². The Morgan fingerprint density at radius 1 is 1.35 bits per heavy atom. The molecule has 1 aromatic rings. The van der Waals surface area contributed by atoms with Crippen LogP contribution in [0.2, 0.25) is 10.0 Å². The van der Waals surface area contributed by atoms with Crippen LogP contribution >= 0.6 is 23.2 Å². The Morgan fingerprint density at radius 2 is 2.00 bits per heavy atom. The van der Waals surface area contributed by atoms with E-state index in [2.05, 4.69) is 6.92 Å². The maximum atomic E-state index is 11.4. The Morgan fingerprint density at radius 3 is 2.57 bits per heavy atom. The van der Waals surface area contributed by atoms with E-state index in [1.54, 1.807) is 6.07 Å². The normalized spacial score (nSPS) is 17.4. The number of carbonyl (C=O) groups is 1. The molecule has 1 unspecified atom stereocenters. The third kappa shape index (κ3) is 6.18. The van der Waals surface area contributed by atoms with Crippen LogP contribution in [-0.4, -0.2) is 40.2 Å². The number of halogens is 2. The highest BCUT2D eigenvalue weighted by Crippen LogP contribution is 2.29. The van der Waals surface area contributed by atoms with Crippen molar-refractivity contribution >= 4 is 29.1 Å². The van der Waals surface area contributed by atoms with Crippen LogP contribution in [0.1, 0.15) is 38.2 Å². The molecule has 0 aliphatic carbocycles. The first-order valence-electron chi connectivity index (χ1n) is 7.68. The fourth-order valence-electron chi connectivity index (χ4n) is 2.45. The van der Waals surface area contributed by atoms with Crippen molar-refractivity contribution in [3.8, 4) is 5.75 Å². The average molecular weight is 363 g/mol. The molecular weight excluding hydrogens is 339 g/mol. The maximum absolute atomic E-state index is 11.4. The molecule has 1 amide bonds. The van der Waals surface area contributed by atoms with Crippen molar-refractivity contribution in [1.29, 1.82) is 0 Å². The molecule has 1 aliphatic heterocycles. The van der Waals surface area contributed by atoms with E-state index >= 15 is 0 Å². The van der Waals surface area contributed by atoms with E-state index in [0.29, 0.717) is 21.7 Å². The number of aromatic hydroxyl groups is 1. The Kier molecular flexibility index (Phi) is 8.69. The van der Waals surface area contributed by atoms with Gasteiger partial charge in [-0.3, -0.25) is 4.79 Å². The third-order valence-corrected chi connectivity index (χ3v) is 4.51. The molecule has 7 heteroatoms. The number of amides is 1. The number of rotatable bonds is 3. The van der Waals surface area contributed by atoms with Gasteiger partial charge in [0, 0.05) is 37.2 Å². The molecule has 0 bridgehead atoms. The zero-order chi connectivity index (χ0) is 17.4. The van der Waals surface area contributed by atoms with Crippen molar-refractivity contribution in [2.24, 2.45) is 5.73 Å². The molecule has 0 radical (unpaired) electrons. The van der Waals surface area contributed by atoms with E-state index in [0.717, 1.165) is 19.4 Å². The van der Waals surface area contributed by atoms with Crippen molar-refractivity contribution in [3.63, 3.8) is 0 Å². The average Bonchev–Trinajstić information content (AvgIpc) is 2.52.